The highest BCUT2D eigenvalue weighted by molar-refractivity contribution is 7.11. The molecule has 0 unspecified atom stereocenters. The second kappa shape index (κ2) is 5.04. The normalized spacial score (nSPS) is 10.5. The fourth-order valence-corrected chi connectivity index (χ4v) is 1.97. The van der Waals surface area contributed by atoms with Crippen molar-refractivity contribution >= 4 is 28.4 Å². The Kier molecular flexibility index (Phi) is 3.97. The van der Waals surface area contributed by atoms with E-state index in [1.54, 1.807) is 25.9 Å². The van der Waals surface area contributed by atoms with Crippen LogP contribution in [0.1, 0.15) is 16.1 Å². The molecule has 0 saturated heterocycles. The molecule has 0 aliphatic heterocycles. The first-order valence-electron chi connectivity index (χ1n) is 4.56. The molecule has 0 aliphatic carbocycles. The highest BCUT2D eigenvalue weighted by Crippen LogP contribution is 2.24. The Bertz CT molecular complexity index is 414. The number of aryl methyl sites for hydroxylation is 1. The van der Waals surface area contributed by atoms with Gasteiger partial charge in [-0.1, -0.05) is 0 Å². The zero-order valence-electron chi connectivity index (χ0n) is 9.27. The lowest BCUT2D eigenvalue weighted by molar-refractivity contribution is -0.116. The summed E-state index contributed by atoms with van der Waals surface area (Å²) >= 11 is 0.979. The third kappa shape index (κ3) is 3.01. The van der Waals surface area contributed by atoms with E-state index in [9.17, 15) is 9.59 Å². The van der Waals surface area contributed by atoms with Gasteiger partial charge in [0.1, 0.15) is 10.6 Å². The van der Waals surface area contributed by atoms with Crippen molar-refractivity contribution in [3.8, 4) is 0 Å². The van der Waals surface area contributed by atoms with Crippen LogP contribution in [-0.4, -0.2) is 46.9 Å². The number of anilines is 1. The summed E-state index contributed by atoms with van der Waals surface area (Å²) in [6.45, 7) is 1.80. The van der Waals surface area contributed by atoms with Crippen molar-refractivity contribution < 1.29 is 14.7 Å². The monoisotopic (exact) mass is 243 g/mol. The summed E-state index contributed by atoms with van der Waals surface area (Å²) in [7, 11) is 3.52. The minimum absolute atomic E-state index is 0.0668. The van der Waals surface area contributed by atoms with Crippen LogP contribution in [0.2, 0.25) is 0 Å². The van der Waals surface area contributed by atoms with Crippen LogP contribution in [0.4, 0.5) is 5.00 Å². The van der Waals surface area contributed by atoms with Crippen molar-refractivity contribution in [2.24, 2.45) is 0 Å². The molecular formula is C9H13N3O3S. The molecule has 1 amide bonds. The number of amides is 1. The van der Waals surface area contributed by atoms with E-state index in [0.717, 1.165) is 11.5 Å². The van der Waals surface area contributed by atoms with Crippen LogP contribution >= 0.6 is 11.5 Å². The molecule has 0 fully saturated rings. The van der Waals surface area contributed by atoms with Gasteiger partial charge in [0.2, 0.25) is 5.91 Å². The van der Waals surface area contributed by atoms with E-state index in [-0.39, 0.29) is 23.0 Å². The van der Waals surface area contributed by atoms with Gasteiger partial charge in [-0.3, -0.25) is 4.79 Å². The molecule has 0 radical (unpaired) electrons. The average molecular weight is 243 g/mol. The number of likely N-dealkylation sites (N-methyl/N-ethyl adjacent to an activating group) is 1. The molecule has 0 bridgehead atoms. The number of nitrogens with one attached hydrogen (secondary N) is 1. The van der Waals surface area contributed by atoms with E-state index >= 15 is 0 Å². The molecule has 7 heteroatoms. The Hall–Kier alpha value is -1.47. The Morgan fingerprint density at radius 2 is 2.12 bits per heavy atom. The lowest BCUT2D eigenvalue weighted by Gasteiger charge is -2.08. The SMILES string of the molecule is Cc1nsc(NC(=O)CN(C)C)c1C(=O)O. The summed E-state index contributed by atoms with van der Waals surface area (Å²) in [6, 6.07) is 0. The largest absolute Gasteiger partial charge is 0.478 e. The van der Waals surface area contributed by atoms with Crippen molar-refractivity contribution in [1.29, 1.82) is 0 Å². The van der Waals surface area contributed by atoms with Gasteiger partial charge < -0.3 is 15.3 Å². The van der Waals surface area contributed by atoms with Gasteiger partial charge in [-0.15, -0.1) is 0 Å². The third-order valence-electron chi connectivity index (χ3n) is 1.79. The van der Waals surface area contributed by atoms with Gasteiger partial charge in [0.15, 0.2) is 0 Å². The molecule has 2 N–H and O–H groups in total. The Balaban J connectivity index is 2.82. The van der Waals surface area contributed by atoms with Gasteiger partial charge in [-0.2, -0.15) is 4.37 Å². The van der Waals surface area contributed by atoms with Crippen molar-refractivity contribution in [3.05, 3.63) is 11.3 Å². The average Bonchev–Trinajstić information content (AvgIpc) is 2.45. The highest BCUT2D eigenvalue weighted by Gasteiger charge is 2.19. The minimum atomic E-state index is -1.08. The number of carbonyl (C=O) groups excluding carboxylic acids is 1. The molecule has 1 aromatic heterocycles. The second-order valence-corrected chi connectivity index (χ2v) is 4.34. The van der Waals surface area contributed by atoms with Crippen molar-refractivity contribution in [2.75, 3.05) is 26.0 Å². The highest BCUT2D eigenvalue weighted by atomic mass is 32.1. The summed E-state index contributed by atoms with van der Waals surface area (Å²) in [6.07, 6.45) is 0. The zero-order valence-corrected chi connectivity index (χ0v) is 10.1. The Labute approximate surface area is 97.0 Å². The maximum atomic E-state index is 11.4. The van der Waals surface area contributed by atoms with Crippen LogP contribution in [0.25, 0.3) is 0 Å². The van der Waals surface area contributed by atoms with E-state index in [1.165, 1.54) is 0 Å². The number of carboxylic acid groups (broad SMARTS) is 1. The summed E-state index contributed by atoms with van der Waals surface area (Å²) in [5.74, 6) is -1.33. The lowest BCUT2D eigenvalue weighted by atomic mass is 10.2. The summed E-state index contributed by atoms with van der Waals surface area (Å²) in [5, 5.41) is 11.8. The maximum absolute atomic E-state index is 11.4. The van der Waals surface area contributed by atoms with Crippen LogP contribution in [0.5, 0.6) is 0 Å². The molecule has 0 aliphatic rings. The van der Waals surface area contributed by atoms with Crippen LogP contribution < -0.4 is 5.32 Å². The number of hydrogen-bond donors (Lipinski definition) is 2. The van der Waals surface area contributed by atoms with Crippen molar-refractivity contribution in [1.82, 2.24) is 9.27 Å². The maximum Gasteiger partial charge on any atom is 0.340 e. The fourth-order valence-electron chi connectivity index (χ4n) is 1.16. The molecule has 1 rings (SSSR count). The van der Waals surface area contributed by atoms with Gasteiger partial charge in [0, 0.05) is 0 Å². The first-order chi connectivity index (χ1) is 7.41. The smallest absolute Gasteiger partial charge is 0.340 e. The number of aromatic nitrogens is 1. The molecule has 1 heterocycles. The number of nitrogens with zero attached hydrogens (tertiary/aromatic N) is 2. The number of aromatic carboxylic acids is 1. The predicted molar refractivity (Wildman–Crippen MR) is 61.0 cm³/mol. The summed E-state index contributed by atoms with van der Waals surface area (Å²) in [5.41, 5.74) is 0.481. The molecule has 0 aromatic carbocycles. The van der Waals surface area contributed by atoms with Crippen LogP contribution in [0, 0.1) is 6.92 Å². The van der Waals surface area contributed by atoms with Crippen molar-refractivity contribution in [3.63, 3.8) is 0 Å². The first-order valence-corrected chi connectivity index (χ1v) is 5.33. The van der Waals surface area contributed by atoms with E-state index < -0.39 is 5.97 Å². The molecule has 0 atom stereocenters. The lowest BCUT2D eigenvalue weighted by Crippen LogP contribution is -2.27. The molecule has 1 aromatic rings. The second-order valence-electron chi connectivity index (χ2n) is 3.56. The molecular weight excluding hydrogens is 230 g/mol. The van der Waals surface area contributed by atoms with Crippen LogP contribution in [0.3, 0.4) is 0 Å². The van der Waals surface area contributed by atoms with Gasteiger partial charge in [-0.25, -0.2) is 4.79 Å². The predicted octanol–water partition coefficient (Wildman–Crippen LogP) is 0.650. The van der Waals surface area contributed by atoms with Crippen molar-refractivity contribution in [2.45, 2.75) is 6.92 Å². The minimum Gasteiger partial charge on any atom is -0.478 e. The summed E-state index contributed by atoms with van der Waals surface area (Å²) in [4.78, 5) is 24.1. The number of carbonyl (C=O) groups is 2. The fraction of sp³-hybridized carbons (Fsp3) is 0.444. The molecule has 16 heavy (non-hydrogen) atoms. The van der Waals surface area contributed by atoms with Crippen LogP contribution in [-0.2, 0) is 4.79 Å². The number of hydrogen-bond acceptors (Lipinski definition) is 5. The topological polar surface area (TPSA) is 82.5 Å². The molecule has 88 valence electrons. The summed E-state index contributed by atoms with van der Waals surface area (Å²) < 4.78 is 3.90. The van der Waals surface area contributed by atoms with E-state index in [2.05, 4.69) is 9.69 Å². The van der Waals surface area contributed by atoms with E-state index in [1.807, 2.05) is 0 Å². The van der Waals surface area contributed by atoms with Gasteiger partial charge in [0.05, 0.1) is 12.2 Å². The molecule has 6 nitrogen and oxygen atoms in total. The van der Waals surface area contributed by atoms with Gasteiger partial charge >= 0.3 is 5.97 Å². The Morgan fingerprint density at radius 1 is 1.50 bits per heavy atom. The molecule has 0 spiro atoms. The van der Waals surface area contributed by atoms with Crippen LogP contribution in [0.15, 0.2) is 0 Å². The van der Waals surface area contributed by atoms with E-state index in [0.29, 0.717) is 5.69 Å². The number of carboxylic acids is 1. The molecule has 0 saturated carbocycles. The first kappa shape index (κ1) is 12.6. The Morgan fingerprint density at radius 3 is 2.62 bits per heavy atom. The quantitative estimate of drug-likeness (QED) is 0.811. The van der Waals surface area contributed by atoms with Gasteiger partial charge in [-0.05, 0) is 32.6 Å². The van der Waals surface area contributed by atoms with E-state index in [4.69, 9.17) is 5.11 Å². The third-order valence-corrected chi connectivity index (χ3v) is 2.64. The zero-order chi connectivity index (χ0) is 12.3. The number of rotatable bonds is 4. The van der Waals surface area contributed by atoms with Gasteiger partial charge in [0.25, 0.3) is 0 Å². The standard InChI is InChI=1S/C9H13N3O3S/c1-5-7(9(14)15)8(16-11-5)10-6(13)4-12(2)3/h4H2,1-3H3,(H,10,13)(H,14,15).